The molecule has 0 spiro atoms. The molecule has 0 bridgehead atoms. The van der Waals surface area contributed by atoms with E-state index in [1.165, 1.54) is 5.56 Å². The molecule has 1 saturated heterocycles. The SMILES string of the molecule is COC[C@@H]1CCCN(C(=O)c2ccc(NCCc3cccnc3)nc2)C1. The standard InChI is InChI=1S/C20H26N4O2/c1-26-15-17-5-3-11-24(14-17)20(25)18-6-7-19(23-13-18)22-10-8-16-4-2-9-21-12-16/h2,4,6-7,9,12-13,17H,3,5,8,10-11,14-15H2,1H3,(H,22,23)/t17-/m1/s1. The molecule has 0 unspecified atom stereocenters. The van der Waals surface area contributed by atoms with Crippen molar-refractivity contribution in [3.8, 4) is 0 Å². The zero-order valence-corrected chi connectivity index (χ0v) is 15.2. The van der Waals surface area contributed by atoms with Gasteiger partial charge >= 0.3 is 0 Å². The predicted molar refractivity (Wildman–Crippen MR) is 101 cm³/mol. The van der Waals surface area contributed by atoms with Gasteiger partial charge in [0.1, 0.15) is 5.82 Å². The molecule has 1 aliphatic rings. The fourth-order valence-electron chi connectivity index (χ4n) is 3.31. The number of hydrogen-bond donors (Lipinski definition) is 1. The van der Waals surface area contributed by atoms with Crippen molar-refractivity contribution < 1.29 is 9.53 Å². The lowest BCUT2D eigenvalue weighted by atomic mass is 9.98. The fraction of sp³-hybridized carbons (Fsp3) is 0.450. The van der Waals surface area contributed by atoms with Gasteiger partial charge in [-0.25, -0.2) is 4.98 Å². The second-order valence-electron chi connectivity index (χ2n) is 6.68. The second-order valence-corrected chi connectivity index (χ2v) is 6.68. The third kappa shape index (κ3) is 5.02. The highest BCUT2D eigenvalue weighted by Gasteiger charge is 2.24. The van der Waals surface area contributed by atoms with Gasteiger partial charge in [0, 0.05) is 45.3 Å². The van der Waals surface area contributed by atoms with Crippen molar-refractivity contribution in [2.45, 2.75) is 19.3 Å². The number of likely N-dealkylation sites (tertiary alicyclic amines) is 1. The largest absolute Gasteiger partial charge is 0.384 e. The maximum atomic E-state index is 12.7. The number of hydrogen-bond acceptors (Lipinski definition) is 5. The summed E-state index contributed by atoms with van der Waals surface area (Å²) < 4.78 is 5.24. The van der Waals surface area contributed by atoms with Crippen LogP contribution in [0.5, 0.6) is 0 Å². The van der Waals surface area contributed by atoms with Gasteiger partial charge in [0.05, 0.1) is 12.2 Å². The summed E-state index contributed by atoms with van der Waals surface area (Å²) in [6.07, 6.45) is 8.33. The number of aromatic nitrogens is 2. The zero-order valence-electron chi connectivity index (χ0n) is 15.2. The summed E-state index contributed by atoms with van der Waals surface area (Å²) in [6.45, 7) is 3.06. The van der Waals surface area contributed by atoms with Crippen LogP contribution in [0.15, 0.2) is 42.9 Å². The first-order valence-corrected chi connectivity index (χ1v) is 9.13. The molecule has 0 saturated carbocycles. The van der Waals surface area contributed by atoms with Crippen LogP contribution in [-0.2, 0) is 11.2 Å². The van der Waals surface area contributed by atoms with Crippen molar-refractivity contribution in [2.24, 2.45) is 5.92 Å². The minimum atomic E-state index is 0.0558. The van der Waals surface area contributed by atoms with Gasteiger partial charge in [0.2, 0.25) is 0 Å². The molecule has 0 aliphatic carbocycles. The Kier molecular flexibility index (Phi) is 6.55. The van der Waals surface area contributed by atoms with E-state index in [0.717, 1.165) is 44.7 Å². The molecule has 1 N–H and O–H groups in total. The number of ether oxygens (including phenoxy) is 1. The van der Waals surface area contributed by atoms with E-state index in [2.05, 4.69) is 21.4 Å². The molecule has 1 aliphatic heterocycles. The first-order chi connectivity index (χ1) is 12.8. The summed E-state index contributed by atoms with van der Waals surface area (Å²) in [5.41, 5.74) is 1.82. The number of nitrogens with one attached hydrogen (secondary N) is 1. The molecule has 3 heterocycles. The van der Waals surface area contributed by atoms with Crippen LogP contribution in [0.3, 0.4) is 0 Å². The number of carbonyl (C=O) groups excluding carboxylic acids is 1. The van der Waals surface area contributed by atoms with Gasteiger partial charge < -0.3 is 15.0 Å². The summed E-state index contributed by atoms with van der Waals surface area (Å²) in [4.78, 5) is 23.1. The van der Waals surface area contributed by atoms with E-state index in [9.17, 15) is 4.79 Å². The van der Waals surface area contributed by atoms with E-state index in [0.29, 0.717) is 18.1 Å². The highest BCUT2D eigenvalue weighted by Crippen LogP contribution is 2.19. The third-order valence-corrected chi connectivity index (χ3v) is 4.66. The van der Waals surface area contributed by atoms with Crippen LogP contribution in [-0.4, -0.2) is 54.1 Å². The average molecular weight is 354 g/mol. The maximum absolute atomic E-state index is 12.7. The first kappa shape index (κ1) is 18.3. The number of amides is 1. The number of rotatable bonds is 7. The number of piperidine rings is 1. The summed E-state index contributed by atoms with van der Waals surface area (Å²) in [5, 5.41) is 3.28. The van der Waals surface area contributed by atoms with Crippen LogP contribution in [0, 0.1) is 5.92 Å². The van der Waals surface area contributed by atoms with E-state index in [4.69, 9.17) is 4.74 Å². The van der Waals surface area contributed by atoms with Gasteiger partial charge in [0.15, 0.2) is 0 Å². The summed E-state index contributed by atoms with van der Waals surface area (Å²) >= 11 is 0. The minimum absolute atomic E-state index is 0.0558. The van der Waals surface area contributed by atoms with Crippen LogP contribution >= 0.6 is 0 Å². The number of carbonyl (C=O) groups is 1. The number of nitrogens with zero attached hydrogens (tertiary/aromatic N) is 3. The molecular weight excluding hydrogens is 328 g/mol. The number of anilines is 1. The smallest absolute Gasteiger partial charge is 0.255 e. The molecule has 6 heteroatoms. The van der Waals surface area contributed by atoms with Crippen molar-refractivity contribution in [2.75, 3.05) is 38.7 Å². The highest BCUT2D eigenvalue weighted by molar-refractivity contribution is 5.94. The maximum Gasteiger partial charge on any atom is 0.255 e. The lowest BCUT2D eigenvalue weighted by molar-refractivity contribution is 0.0570. The Morgan fingerprint density at radius 2 is 2.27 bits per heavy atom. The van der Waals surface area contributed by atoms with Gasteiger partial charge in [-0.05, 0) is 48.9 Å². The van der Waals surface area contributed by atoms with Crippen LogP contribution in [0.25, 0.3) is 0 Å². The number of methoxy groups -OCH3 is 1. The van der Waals surface area contributed by atoms with Crippen molar-refractivity contribution in [3.63, 3.8) is 0 Å². The van der Waals surface area contributed by atoms with Crippen molar-refractivity contribution in [3.05, 3.63) is 54.0 Å². The quantitative estimate of drug-likeness (QED) is 0.828. The molecule has 1 atom stereocenters. The summed E-state index contributed by atoms with van der Waals surface area (Å²) in [5.74, 6) is 1.26. The van der Waals surface area contributed by atoms with E-state index >= 15 is 0 Å². The normalized spacial score (nSPS) is 17.1. The monoisotopic (exact) mass is 354 g/mol. The Hall–Kier alpha value is -2.47. The molecular formula is C20H26N4O2. The van der Waals surface area contributed by atoms with Crippen molar-refractivity contribution in [1.29, 1.82) is 0 Å². The Bertz CT molecular complexity index is 689. The lowest BCUT2D eigenvalue weighted by Gasteiger charge is -2.32. The Morgan fingerprint density at radius 1 is 1.35 bits per heavy atom. The average Bonchev–Trinajstić information content (AvgIpc) is 2.69. The Balaban J connectivity index is 1.51. The molecule has 2 aromatic heterocycles. The molecule has 3 rings (SSSR count). The Morgan fingerprint density at radius 3 is 3.00 bits per heavy atom. The number of pyridine rings is 2. The van der Waals surface area contributed by atoms with Gasteiger partial charge in [0.25, 0.3) is 5.91 Å². The molecule has 0 radical (unpaired) electrons. The van der Waals surface area contributed by atoms with Gasteiger partial charge in [-0.15, -0.1) is 0 Å². The molecule has 26 heavy (non-hydrogen) atoms. The molecule has 0 aromatic carbocycles. The molecule has 1 amide bonds. The van der Waals surface area contributed by atoms with E-state index in [1.54, 1.807) is 19.5 Å². The van der Waals surface area contributed by atoms with Crippen LogP contribution in [0.2, 0.25) is 0 Å². The van der Waals surface area contributed by atoms with Gasteiger partial charge in [-0.3, -0.25) is 9.78 Å². The van der Waals surface area contributed by atoms with Crippen LogP contribution < -0.4 is 5.32 Å². The van der Waals surface area contributed by atoms with Crippen molar-refractivity contribution in [1.82, 2.24) is 14.9 Å². The topological polar surface area (TPSA) is 67.3 Å². The van der Waals surface area contributed by atoms with Gasteiger partial charge in [-0.2, -0.15) is 0 Å². The van der Waals surface area contributed by atoms with E-state index in [-0.39, 0.29) is 5.91 Å². The third-order valence-electron chi connectivity index (χ3n) is 4.66. The predicted octanol–water partition coefficient (Wildman–Crippen LogP) is 2.63. The molecule has 1 fully saturated rings. The van der Waals surface area contributed by atoms with E-state index < -0.39 is 0 Å². The van der Waals surface area contributed by atoms with Gasteiger partial charge in [-0.1, -0.05) is 6.07 Å². The zero-order chi connectivity index (χ0) is 18.2. The summed E-state index contributed by atoms with van der Waals surface area (Å²) in [7, 11) is 1.71. The fourth-order valence-corrected chi connectivity index (χ4v) is 3.31. The van der Waals surface area contributed by atoms with Crippen LogP contribution in [0.1, 0.15) is 28.8 Å². The minimum Gasteiger partial charge on any atom is -0.384 e. The highest BCUT2D eigenvalue weighted by atomic mass is 16.5. The van der Waals surface area contributed by atoms with Crippen LogP contribution in [0.4, 0.5) is 5.82 Å². The van der Waals surface area contributed by atoms with Crippen molar-refractivity contribution >= 4 is 11.7 Å². The molecule has 6 nitrogen and oxygen atoms in total. The molecule has 2 aromatic rings. The lowest BCUT2D eigenvalue weighted by Crippen LogP contribution is -2.41. The second kappa shape index (κ2) is 9.29. The van der Waals surface area contributed by atoms with E-state index in [1.807, 2.05) is 29.3 Å². The summed E-state index contributed by atoms with van der Waals surface area (Å²) in [6, 6.07) is 7.71. The molecule has 138 valence electrons. The first-order valence-electron chi connectivity index (χ1n) is 9.13. The Labute approximate surface area is 154 Å².